The molecule has 2 aromatic carbocycles. The number of carbonyl (C=O) groups is 2. The second-order valence-electron chi connectivity index (χ2n) is 5.68. The van der Waals surface area contributed by atoms with Crippen molar-refractivity contribution in [3.8, 4) is 5.75 Å². The first-order valence-electron chi connectivity index (χ1n) is 7.47. The Kier molecular flexibility index (Phi) is 4.02. The van der Waals surface area contributed by atoms with Gasteiger partial charge in [-0.1, -0.05) is 42.5 Å². The van der Waals surface area contributed by atoms with Crippen LogP contribution in [0, 0.1) is 5.92 Å². The highest BCUT2D eigenvalue weighted by Gasteiger charge is 2.42. The number of likely N-dealkylation sites (tertiary alicyclic amines) is 1. The molecule has 0 radical (unpaired) electrons. The Bertz CT molecular complexity index is 730. The molecule has 0 aliphatic carbocycles. The minimum Gasteiger partial charge on any atom is -0.506 e. The van der Waals surface area contributed by atoms with E-state index in [1.165, 1.54) is 6.07 Å². The third-order valence-corrected chi connectivity index (χ3v) is 4.23. The first-order valence-corrected chi connectivity index (χ1v) is 7.47. The molecule has 1 aliphatic rings. The Labute approximate surface area is 134 Å². The van der Waals surface area contributed by atoms with Crippen LogP contribution in [0.1, 0.15) is 18.0 Å². The number of nitrogens with one attached hydrogen (secondary N) is 1. The Balaban J connectivity index is 1.86. The number of hydrogen-bond donors (Lipinski definition) is 2. The van der Waals surface area contributed by atoms with E-state index in [2.05, 4.69) is 5.32 Å². The van der Waals surface area contributed by atoms with Gasteiger partial charge in [0.1, 0.15) is 5.75 Å². The molecule has 2 amide bonds. The Morgan fingerprint density at radius 1 is 1.13 bits per heavy atom. The number of hydrogen-bond acceptors (Lipinski definition) is 3. The van der Waals surface area contributed by atoms with Gasteiger partial charge in [0.25, 0.3) is 0 Å². The molecule has 0 saturated carbocycles. The largest absolute Gasteiger partial charge is 0.506 e. The average Bonchev–Trinajstić information content (AvgIpc) is 2.86. The molecule has 1 saturated heterocycles. The number of nitrogens with zero attached hydrogens (tertiary/aromatic N) is 1. The van der Waals surface area contributed by atoms with Gasteiger partial charge in [0.15, 0.2) is 0 Å². The van der Waals surface area contributed by atoms with E-state index in [1.54, 1.807) is 30.1 Å². The lowest BCUT2D eigenvalue weighted by Crippen LogP contribution is -2.30. The molecule has 1 heterocycles. The molecular weight excluding hydrogens is 292 g/mol. The van der Waals surface area contributed by atoms with E-state index in [4.69, 9.17) is 0 Å². The van der Waals surface area contributed by atoms with Gasteiger partial charge in [0.05, 0.1) is 17.6 Å². The van der Waals surface area contributed by atoms with Gasteiger partial charge in [-0.05, 0) is 17.7 Å². The van der Waals surface area contributed by atoms with E-state index in [-0.39, 0.29) is 30.0 Å². The summed E-state index contributed by atoms with van der Waals surface area (Å²) in [5.74, 6) is -0.807. The number of anilines is 1. The molecule has 2 atom stereocenters. The summed E-state index contributed by atoms with van der Waals surface area (Å²) in [6.45, 7) is 0. The highest BCUT2D eigenvalue weighted by Crippen LogP contribution is 2.38. The molecule has 2 unspecified atom stereocenters. The molecule has 5 nitrogen and oxygen atoms in total. The number of aromatic hydroxyl groups is 1. The minimum absolute atomic E-state index is 0.00906. The summed E-state index contributed by atoms with van der Waals surface area (Å²) >= 11 is 0. The smallest absolute Gasteiger partial charge is 0.230 e. The van der Waals surface area contributed by atoms with Crippen molar-refractivity contribution in [1.29, 1.82) is 0 Å². The fourth-order valence-corrected chi connectivity index (χ4v) is 3.02. The van der Waals surface area contributed by atoms with Crippen molar-refractivity contribution < 1.29 is 14.7 Å². The third-order valence-electron chi connectivity index (χ3n) is 4.23. The molecule has 0 aromatic heterocycles. The van der Waals surface area contributed by atoms with E-state index < -0.39 is 5.92 Å². The molecule has 23 heavy (non-hydrogen) atoms. The van der Waals surface area contributed by atoms with Crippen LogP contribution < -0.4 is 5.32 Å². The zero-order valence-electron chi connectivity index (χ0n) is 12.8. The first kappa shape index (κ1) is 15.1. The van der Waals surface area contributed by atoms with Crippen molar-refractivity contribution in [3.63, 3.8) is 0 Å². The monoisotopic (exact) mass is 310 g/mol. The summed E-state index contributed by atoms with van der Waals surface area (Å²) in [4.78, 5) is 26.3. The molecule has 1 fully saturated rings. The van der Waals surface area contributed by atoms with Crippen LogP contribution in [0.25, 0.3) is 0 Å². The zero-order valence-corrected chi connectivity index (χ0v) is 12.8. The van der Waals surface area contributed by atoms with Crippen molar-refractivity contribution in [1.82, 2.24) is 4.90 Å². The predicted molar refractivity (Wildman–Crippen MR) is 86.8 cm³/mol. The third kappa shape index (κ3) is 2.90. The maximum Gasteiger partial charge on any atom is 0.230 e. The molecule has 2 N–H and O–H groups in total. The number of amides is 2. The minimum atomic E-state index is -0.491. The topological polar surface area (TPSA) is 69.6 Å². The van der Waals surface area contributed by atoms with Crippen LogP contribution >= 0.6 is 0 Å². The molecule has 5 heteroatoms. The molecular formula is C18H18N2O3. The molecule has 118 valence electrons. The van der Waals surface area contributed by atoms with Gasteiger partial charge in [0, 0.05) is 13.5 Å². The average molecular weight is 310 g/mol. The second kappa shape index (κ2) is 6.12. The van der Waals surface area contributed by atoms with Gasteiger partial charge >= 0.3 is 0 Å². The number of carbonyl (C=O) groups excluding carboxylic acids is 2. The van der Waals surface area contributed by atoms with E-state index in [0.29, 0.717) is 5.69 Å². The van der Waals surface area contributed by atoms with Gasteiger partial charge in [-0.3, -0.25) is 9.59 Å². The Morgan fingerprint density at radius 3 is 2.48 bits per heavy atom. The first-order chi connectivity index (χ1) is 11.1. The zero-order chi connectivity index (χ0) is 16.4. The van der Waals surface area contributed by atoms with E-state index in [9.17, 15) is 14.7 Å². The summed E-state index contributed by atoms with van der Waals surface area (Å²) in [5.41, 5.74) is 1.28. The SMILES string of the molecule is CN1C(=O)CC(C(=O)Nc2ccccc2O)C1c1ccccc1. The standard InChI is InChI=1S/C18H18N2O3/c1-20-16(22)11-13(17(20)12-7-3-2-4-8-12)18(23)19-14-9-5-6-10-15(14)21/h2-10,13,17,21H,11H2,1H3,(H,19,23). The molecule has 0 spiro atoms. The molecule has 1 aliphatic heterocycles. The maximum absolute atomic E-state index is 12.6. The summed E-state index contributed by atoms with van der Waals surface area (Å²) in [6, 6.07) is 15.8. The summed E-state index contributed by atoms with van der Waals surface area (Å²) in [7, 11) is 1.72. The van der Waals surface area contributed by atoms with Crippen molar-refractivity contribution >= 4 is 17.5 Å². The van der Waals surface area contributed by atoms with Crippen LogP contribution in [0.15, 0.2) is 54.6 Å². The fraction of sp³-hybridized carbons (Fsp3) is 0.222. The summed E-state index contributed by atoms with van der Waals surface area (Å²) < 4.78 is 0. The van der Waals surface area contributed by atoms with Crippen molar-refractivity contribution in [2.45, 2.75) is 12.5 Å². The lowest BCUT2D eigenvalue weighted by atomic mass is 9.93. The van der Waals surface area contributed by atoms with Crippen molar-refractivity contribution in [2.24, 2.45) is 5.92 Å². The summed E-state index contributed by atoms with van der Waals surface area (Å²) in [5, 5.41) is 12.5. The van der Waals surface area contributed by atoms with Crippen molar-refractivity contribution in [3.05, 3.63) is 60.2 Å². The van der Waals surface area contributed by atoms with Crippen LogP contribution in [0.2, 0.25) is 0 Å². The predicted octanol–water partition coefficient (Wildman–Crippen LogP) is 2.55. The second-order valence-corrected chi connectivity index (χ2v) is 5.68. The Hall–Kier alpha value is -2.82. The lowest BCUT2D eigenvalue weighted by Gasteiger charge is -2.25. The normalized spacial score (nSPS) is 20.6. The highest BCUT2D eigenvalue weighted by molar-refractivity contribution is 5.98. The molecule has 3 rings (SSSR count). The van der Waals surface area contributed by atoms with Crippen LogP contribution in [0.5, 0.6) is 5.75 Å². The van der Waals surface area contributed by atoms with Gasteiger partial charge in [0.2, 0.25) is 11.8 Å². The number of benzene rings is 2. The Morgan fingerprint density at radius 2 is 1.78 bits per heavy atom. The lowest BCUT2D eigenvalue weighted by molar-refractivity contribution is -0.127. The number of para-hydroxylation sites is 2. The van der Waals surface area contributed by atoms with E-state index in [0.717, 1.165) is 5.56 Å². The number of phenolic OH excluding ortho intramolecular Hbond substituents is 1. The van der Waals surface area contributed by atoms with Crippen LogP contribution in [0.3, 0.4) is 0 Å². The number of rotatable bonds is 3. The summed E-state index contributed by atoms with van der Waals surface area (Å²) in [6.07, 6.45) is 0.162. The van der Waals surface area contributed by atoms with Gasteiger partial charge in [-0.2, -0.15) is 0 Å². The van der Waals surface area contributed by atoms with E-state index in [1.807, 2.05) is 30.3 Å². The molecule has 0 bridgehead atoms. The fourth-order valence-electron chi connectivity index (χ4n) is 3.02. The molecule has 2 aromatic rings. The van der Waals surface area contributed by atoms with Crippen LogP contribution in [0.4, 0.5) is 5.69 Å². The van der Waals surface area contributed by atoms with Crippen LogP contribution in [-0.2, 0) is 9.59 Å². The van der Waals surface area contributed by atoms with Gasteiger partial charge in [-0.25, -0.2) is 0 Å². The quantitative estimate of drug-likeness (QED) is 0.856. The maximum atomic E-state index is 12.6. The van der Waals surface area contributed by atoms with E-state index >= 15 is 0 Å². The van der Waals surface area contributed by atoms with Gasteiger partial charge in [-0.15, -0.1) is 0 Å². The van der Waals surface area contributed by atoms with Crippen molar-refractivity contribution in [2.75, 3.05) is 12.4 Å². The number of phenols is 1. The van der Waals surface area contributed by atoms with Crippen LogP contribution in [-0.4, -0.2) is 28.9 Å². The van der Waals surface area contributed by atoms with Gasteiger partial charge < -0.3 is 15.3 Å². The highest BCUT2D eigenvalue weighted by atomic mass is 16.3.